The van der Waals surface area contributed by atoms with E-state index in [4.69, 9.17) is 16.3 Å². The Morgan fingerprint density at radius 3 is 2.63 bits per heavy atom. The minimum atomic E-state index is -0.271. The Morgan fingerprint density at radius 2 is 1.87 bits per heavy atom. The molecule has 2 heterocycles. The molecule has 0 spiro atoms. The van der Waals surface area contributed by atoms with Gasteiger partial charge in [-0.2, -0.15) is 0 Å². The molecule has 0 fully saturated rings. The number of hydrogen-bond acceptors (Lipinski definition) is 5. The van der Waals surface area contributed by atoms with Gasteiger partial charge in [0, 0.05) is 29.7 Å². The second-order valence-electron chi connectivity index (χ2n) is 9.53. The molecule has 7 nitrogen and oxygen atoms in total. The molecule has 2 N–H and O–H groups in total. The molecular weight excluding hydrogens is 500 g/mol. The number of aromatic nitrogens is 2. The van der Waals surface area contributed by atoms with Crippen LogP contribution in [0.2, 0.25) is 5.02 Å². The van der Waals surface area contributed by atoms with Gasteiger partial charge in [0.05, 0.1) is 43.0 Å². The van der Waals surface area contributed by atoms with E-state index in [0.717, 1.165) is 22.5 Å². The lowest BCUT2D eigenvalue weighted by Crippen LogP contribution is -2.39. The van der Waals surface area contributed by atoms with Gasteiger partial charge in [-0.3, -0.25) is 4.79 Å². The number of amides is 1. The lowest BCUT2D eigenvalue weighted by Gasteiger charge is -2.32. The predicted octanol–water partition coefficient (Wildman–Crippen LogP) is 4.88. The van der Waals surface area contributed by atoms with Gasteiger partial charge in [0.25, 0.3) is 5.91 Å². The van der Waals surface area contributed by atoms with Crippen molar-refractivity contribution in [3.63, 3.8) is 0 Å². The number of aliphatic hydroxyl groups excluding tert-OH is 1. The maximum Gasteiger partial charge on any atom is 0.255 e. The van der Waals surface area contributed by atoms with Crippen molar-refractivity contribution in [2.24, 2.45) is 0 Å². The molecule has 3 aromatic carbocycles. The van der Waals surface area contributed by atoms with Crippen molar-refractivity contribution in [3.05, 3.63) is 113 Å². The summed E-state index contributed by atoms with van der Waals surface area (Å²) in [7, 11) is 0. The fourth-order valence-corrected chi connectivity index (χ4v) is 5.01. The van der Waals surface area contributed by atoms with Crippen molar-refractivity contribution >= 4 is 23.2 Å². The van der Waals surface area contributed by atoms with Crippen molar-refractivity contribution in [2.75, 3.05) is 24.7 Å². The molecule has 2 atom stereocenters. The lowest BCUT2D eigenvalue weighted by atomic mass is 9.93. The topological polar surface area (TPSA) is 79.6 Å². The zero-order valence-corrected chi connectivity index (χ0v) is 22.0. The molecule has 38 heavy (non-hydrogen) atoms. The number of hydrogen-bond donors (Lipinski definition) is 2. The van der Waals surface area contributed by atoms with Gasteiger partial charge in [-0.05, 0) is 42.3 Å². The van der Waals surface area contributed by atoms with Crippen LogP contribution in [0, 0.1) is 0 Å². The summed E-state index contributed by atoms with van der Waals surface area (Å²) >= 11 is 6.04. The zero-order valence-electron chi connectivity index (χ0n) is 21.3. The van der Waals surface area contributed by atoms with Gasteiger partial charge in [-0.15, -0.1) is 0 Å². The summed E-state index contributed by atoms with van der Waals surface area (Å²) in [6, 6.07) is 22.9. The van der Waals surface area contributed by atoms with E-state index in [9.17, 15) is 9.90 Å². The van der Waals surface area contributed by atoms with Gasteiger partial charge in [-0.25, -0.2) is 4.98 Å². The third kappa shape index (κ3) is 5.69. The average Bonchev–Trinajstić information content (AvgIpc) is 3.37. The van der Waals surface area contributed by atoms with Crippen LogP contribution in [0.15, 0.2) is 85.3 Å². The zero-order chi connectivity index (χ0) is 26.5. The summed E-state index contributed by atoms with van der Waals surface area (Å²) in [5.74, 6) is 0.142. The Hall–Kier alpha value is -3.81. The summed E-state index contributed by atoms with van der Waals surface area (Å²) in [6.45, 7) is 4.34. The van der Waals surface area contributed by atoms with Gasteiger partial charge in [0.2, 0.25) is 0 Å². The van der Waals surface area contributed by atoms with Crippen LogP contribution in [0.1, 0.15) is 40.0 Å². The molecule has 8 heteroatoms. The van der Waals surface area contributed by atoms with Crippen LogP contribution in [-0.4, -0.2) is 46.4 Å². The van der Waals surface area contributed by atoms with E-state index in [1.807, 2.05) is 86.2 Å². The standard InChI is InChI=1S/C30H31ClN4O3/c1-21(27(19-36)23-6-3-2-4-7-23)33-30(37)26-8-5-9-28-29(26)38-15-14-34(28)18-25-16-32-20-35(25)17-22-10-12-24(31)13-11-22/h2-13,16,20-21,27,36H,14-15,17-19H2,1H3,(H,33,37). The predicted molar refractivity (Wildman–Crippen MR) is 149 cm³/mol. The van der Waals surface area contributed by atoms with Crippen LogP contribution in [-0.2, 0) is 13.1 Å². The molecule has 1 amide bonds. The van der Waals surface area contributed by atoms with E-state index < -0.39 is 0 Å². The number of carbonyl (C=O) groups is 1. The SMILES string of the molecule is CC(NC(=O)c1cccc2c1OCCN2Cc1cncn1Cc1ccc(Cl)cc1)C(CO)c1ccccc1. The fraction of sp³-hybridized carbons (Fsp3) is 0.267. The molecule has 0 aliphatic carbocycles. The summed E-state index contributed by atoms with van der Waals surface area (Å²) < 4.78 is 8.15. The number of para-hydroxylation sites is 1. The molecule has 0 radical (unpaired) electrons. The first-order valence-electron chi connectivity index (χ1n) is 12.7. The molecule has 2 unspecified atom stereocenters. The Bertz CT molecular complexity index is 1370. The summed E-state index contributed by atoms with van der Waals surface area (Å²) in [4.78, 5) is 20.0. The minimum Gasteiger partial charge on any atom is -0.489 e. The van der Waals surface area contributed by atoms with Crippen molar-refractivity contribution in [1.29, 1.82) is 0 Å². The van der Waals surface area contributed by atoms with E-state index in [2.05, 4.69) is 19.8 Å². The van der Waals surface area contributed by atoms with E-state index in [1.54, 1.807) is 6.07 Å². The normalized spacial score (nSPS) is 14.3. The van der Waals surface area contributed by atoms with Gasteiger partial charge < -0.3 is 24.6 Å². The Kier molecular flexibility index (Phi) is 7.96. The second-order valence-corrected chi connectivity index (χ2v) is 9.96. The van der Waals surface area contributed by atoms with E-state index in [0.29, 0.717) is 42.6 Å². The number of halogens is 1. The summed E-state index contributed by atoms with van der Waals surface area (Å²) in [5, 5.41) is 13.8. The second kappa shape index (κ2) is 11.7. The van der Waals surface area contributed by atoms with Crippen LogP contribution in [0.25, 0.3) is 0 Å². The number of imidazole rings is 1. The molecule has 0 saturated heterocycles. The first-order chi connectivity index (χ1) is 18.5. The highest BCUT2D eigenvalue weighted by molar-refractivity contribution is 6.30. The van der Waals surface area contributed by atoms with Crippen LogP contribution in [0.3, 0.4) is 0 Å². The first kappa shape index (κ1) is 25.8. The third-order valence-electron chi connectivity index (χ3n) is 6.99. The highest BCUT2D eigenvalue weighted by Gasteiger charge is 2.27. The average molecular weight is 531 g/mol. The Morgan fingerprint density at radius 1 is 1.08 bits per heavy atom. The number of nitrogens with one attached hydrogen (secondary N) is 1. The quantitative estimate of drug-likeness (QED) is 0.322. The van der Waals surface area contributed by atoms with Crippen molar-refractivity contribution in [2.45, 2.75) is 32.0 Å². The van der Waals surface area contributed by atoms with Gasteiger partial charge >= 0.3 is 0 Å². The highest BCUT2D eigenvalue weighted by Crippen LogP contribution is 2.36. The largest absolute Gasteiger partial charge is 0.489 e. The van der Waals surface area contributed by atoms with Crippen LogP contribution >= 0.6 is 11.6 Å². The molecular formula is C30H31ClN4O3. The van der Waals surface area contributed by atoms with Crippen LogP contribution < -0.4 is 15.0 Å². The van der Waals surface area contributed by atoms with Gasteiger partial charge in [0.1, 0.15) is 6.61 Å². The lowest BCUT2D eigenvalue weighted by molar-refractivity contribution is 0.0923. The number of anilines is 1. The van der Waals surface area contributed by atoms with Crippen molar-refractivity contribution in [1.82, 2.24) is 14.9 Å². The molecule has 196 valence electrons. The molecule has 1 aliphatic rings. The molecule has 4 aromatic rings. The maximum atomic E-state index is 13.4. The number of nitrogens with zero attached hydrogens (tertiary/aromatic N) is 3. The Balaban J connectivity index is 1.33. The Labute approximate surface area is 227 Å². The molecule has 1 aromatic heterocycles. The van der Waals surface area contributed by atoms with Crippen LogP contribution in [0.5, 0.6) is 5.75 Å². The van der Waals surface area contributed by atoms with Gasteiger partial charge in [0.15, 0.2) is 5.75 Å². The fourth-order valence-electron chi connectivity index (χ4n) is 4.89. The number of benzene rings is 3. The van der Waals surface area contributed by atoms with Crippen LogP contribution in [0.4, 0.5) is 5.69 Å². The summed E-state index contributed by atoms with van der Waals surface area (Å²) in [5.41, 5.74) is 4.54. The number of fused-ring (bicyclic) bond motifs is 1. The third-order valence-corrected chi connectivity index (χ3v) is 7.24. The van der Waals surface area contributed by atoms with Crippen molar-refractivity contribution in [3.8, 4) is 5.75 Å². The smallest absolute Gasteiger partial charge is 0.255 e. The number of carbonyl (C=O) groups excluding carboxylic acids is 1. The molecule has 5 rings (SSSR count). The molecule has 1 aliphatic heterocycles. The van der Waals surface area contributed by atoms with E-state index in [-0.39, 0.29) is 24.5 Å². The van der Waals surface area contributed by atoms with Crippen molar-refractivity contribution < 1.29 is 14.6 Å². The maximum absolute atomic E-state index is 13.4. The van der Waals surface area contributed by atoms with E-state index >= 15 is 0 Å². The van der Waals surface area contributed by atoms with E-state index in [1.165, 1.54) is 0 Å². The number of aliphatic hydroxyl groups is 1. The molecule has 0 bridgehead atoms. The summed E-state index contributed by atoms with van der Waals surface area (Å²) in [6.07, 6.45) is 3.71. The monoisotopic (exact) mass is 530 g/mol. The molecule has 0 saturated carbocycles. The first-order valence-corrected chi connectivity index (χ1v) is 13.1. The van der Waals surface area contributed by atoms with Gasteiger partial charge in [-0.1, -0.05) is 60.1 Å². The highest BCUT2D eigenvalue weighted by atomic mass is 35.5. The number of rotatable bonds is 9. The minimum absolute atomic E-state index is 0.0632. The number of ether oxygens (including phenoxy) is 1.